The molecule has 1 saturated heterocycles. The molecule has 2 atom stereocenters. The number of halogens is 6. The number of carbonyl (C=O) groups is 1. The summed E-state index contributed by atoms with van der Waals surface area (Å²) in [6.45, 7) is 9.92. The molecular formula is C30H34F6N2O3. The van der Waals surface area contributed by atoms with Crippen molar-refractivity contribution in [2.45, 2.75) is 84.3 Å². The Morgan fingerprint density at radius 1 is 1.07 bits per heavy atom. The molecule has 1 amide bonds. The lowest BCUT2D eigenvalue weighted by molar-refractivity contribution is -0.143. The summed E-state index contributed by atoms with van der Waals surface area (Å²) in [6, 6.07) is 4.23. The van der Waals surface area contributed by atoms with Crippen molar-refractivity contribution in [1.82, 2.24) is 9.88 Å². The maximum Gasteiger partial charge on any atom is 0.416 e. The minimum absolute atomic E-state index is 0.0650. The Kier molecular flexibility index (Phi) is 8.14. The highest BCUT2D eigenvalue weighted by Gasteiger charge is 2.44. The van der Waals surface area contributed by atoms with E-state index in [1.54, 1.807) is 14.0 Å². The average Bonchev–Trinajstić information content (AvgIpc) is 3.15. The Balaban J connectivity index is 1.74. The molecule has 224 valence electrons. The predicted octanol–water partition coefficient (Wildman–Crippen LogP) is 8.80. The lowest BCUT2D eigenvalue weighted by Crippen LogP contribution is -2.35. The number of rotatable bonds is 6. The van der Waals surface area contributed by atoms with Crippen molar-refractivity contribution in [3.05, 3.63) is 64.0 Å². The van der Waals surface area contributed by atoms with Crippen LogP contribution in [-0.4, -0.2) is 35.7 Å². The summed E-state index contributed by atoms with van der Waals surface area (Å²) in [5.41, 5.74) is 0.00344. The van der Waals surface area contributed by atoms with Crippen molar-refractivity contribution in [3.8, 4) is 5.75 Å². The second-order valence-electron chi connectivity index (χ2n) is 11.9. The number of cyclic esters (lactones) is 1. The van der Waals surface area contributed by atoms with Crippen LogP contribution in [0, 0.1) is 5.41 Å². The van der Waals surface area contributed by atoms with Gasteiger partial charge in [0.25, 0.3) is 0 Å². The van der Waals surface area contributed by atoms with Crippen molar-refractivity contribution in [3.63, 3.8) is 0 Å². The van der Waals surface area contributed by atoms with Gasteiger partial charge < -0.3 is 9.47 Å². The van der Waals surface area contributed by atoms with Gasteiger partial charge in [-0.3, -0.25) is 4.90 Å². The number of hydrogen-bond acceptors (Lipinski definition) is 4. The first kappa shape index (κ1) is 30.7. The zero-order valence-electron chi connectivity index (χ0n) is 23.8. The molecule has 1 aliphatic carbocycles. The third kappa shape index (κ3) is 6.48. The van der Waals surface area contributed by atoms with Crippen LogP contribution in [0.25, 0.3) is 5.57 Å². The molecule has 0 radical (unpaired) electrons. The number of amides is 1. The zero-order valence-corrected chi connectivity index (χ0v) is 23.8. The largest absolute Gasteiger partial charge is 0.494 e. The van der Waals surface area contributed by atoms with E-state index in [0.29, 0.717) is 36.4 Å². The highest BCUT2D eigenvalue weighted by Crippen LogP contribution is 2.46. The number of nitrogens with zero attached hydrogens (tertiary/aromatic N) is 2. The zero-order chi connectivity index (χ0) is 30.5. The van der Waals surface area contributed by atoms with E-state index in [9.17, 15) is 31.1 Å². The number of carbonyl (C=O) groups excluding carboxylic acids is 1. The van der Waals surface area contributed by atoms with Gasteiger partial charge in [0.2, 0.25) is 0 Å². The van der Waals surface area contributed by atoms with Crippen molar-refractivity contribution in [2.75, 3.05) is 13.7 Å². The molecule has 0 bridgehead atoms. The minimum Gasteiger partial charge on any atom is -0.494 e. The number of hydrogen-bond donors (Lipinski definition) is 0. The molecule has 5 nitrogen and oxygen atoms in total. The van der Waals surface area contributed by atoms with Crippen LogP contribution in [0.4, 0.5) is 31.1 Å². The molecule has 1 aromatic heterocycles. The van der Waals surface area contributed by atoms with Crippen molar-refractivity contribution >= 4 is 11.7 Å². The smallest absolute Gasteiger partial charge is 0.416 e. The normalized spacial score (nSPS) is 21.5. The summed E-state index contributed by atoms with van der Waals surface area (Å²) in [4.78, 5) is 19.3. The van der Waals surface area contributed by atoms with Crippen molar-refractivity contribution in [1.29, 1.82) is 0 Å². The Labute approximate surface area is 235 Å². The Morgan fingerprint density at radius 3 is 2.22 bits per heavy atom. The Bertz CT molecular complexity index is 1310. The molecule has 11 heteroatoms. The summed E-state index contributed by atoms with van der Waals surface area (Å²) in [5.74, 6) is 0.743. The maximum atomic E-state index is 13.5. The quantitative estimate of drug-likeness (QED) is 0.319. The summed E-state index contributed by atoms with van der Waals surface area (Å²) < 4.78 is 92.0. The van der Waals surface area contributed by atoms with Gasteiger partial charge in [0.05, 0.1) is 24.3 Å². The fraction of sp³-hybridized carbons (Fsp3) is 0.533. The topological polar surface area (TPSA) is 51.7 Å². The van der Waals surface area contributed by atoms with Crippen LogP contribution in [0.15, 0.2) is 35.9 Å². The molecule has 0 spiro atoms. The molecule has 2 heterocycles. The standard InChI is InChI=1S/C30H34F6N2O3/c1-16(2)23-7-8-24(40-6)25(37-23)22-9-10-28(4,5)14-19(22)15-38-17(3)26(41-27(38)39)18-11-20(29(31,32)33)13-21(12-18)30(34,35)36/h7-8,11-13,16-17,26H,9-10,14-15H2,1-6H3. The van der Waals surface area contributed by atoms with E-state index in [-0.39, 0.29) is 29.5 Å². The Hall–Kier alpha value is -3.24. The van der Waals surface area contributed by atoms with Gasteiger partial charge in [0.15, 0.2) is 0 Å². The highest BCUT2D eigenvalue weighted by molar-refractivity contribution is 5.75. The van der Waals surface area contributed by atoms with E-state index >= 15 is 0 Å². The molecule has 4 rings (SSSR count). The van der Waals surface area contributed by atoms with Crippen LogP contribution in [0.3, 0.4) is 0 Å². The number of aromatic nitrogens is 1. The molecule has 2 unspecified atom stereocenters. The van der Waals surface area contributed by atoms with E-state index < -0.39 is 41.7 Å². The van der Waals surface area contributed by atoms with Gasteiger partial charge in [-0.25, -0.2) is 9.78 Å². The van der Waals surface area contributed by atoms with Gasteiger partial charge in [0, 0.05) is 12.2 Å². The van der Waals surface area contributed by atoms with Crippen molar-refractivity contribution < 1.29 is 40.6 Å². The number of allylic oxidation sites excluding steroid dienone is 1. The van der Waals surface area contributed by atoms with E-state index in [2.05, 4.69) is 13.8 Å². The van der Waals surface area contributed by atoms with Gasteiger partial charge in [-0.15, -0.1) is 0 Å². The monoisotopic (exact) mass is 584 g/mol. The molecular weight excluding hydrogens is 550 g/mol. The molecule has 1 aromatic carbocycles. The van der Waals surface area contributed by atoms with Gasteiger partial charge in [-0.1, -0.05) is 27.7 Å². The van der Waals surface area contributed by atoms with Gasteiger partial charge in [-0.05, 0) is 84.6 Å². The van der Waals surface area contributed by atoms with Crippen LogP contribution in [0.5, 0.6) is 5.75 Å². The van der Waals surface area contributed by atoms with Crippen LogP contribution in [0.1, 0.15) is 94.0 Å². The fourth-order valence-corrected chi connectivity index (χ4v) is 5.52. The highest BCUT2D eigenvalue weighted by atomic mass is 19.4. The molecule has 0 saturated carbocycles. The first-order valence-electron chi connectivity index (χ1n) is 13.4. The number of benzene rings is 1. The van der Waals surface area contributed by atoms with E-state index in [1.807, 2.05) is 26.0 Å². The molecule has 1 aliphatic heterocycles. The van der Waals surface area contributed by atoms with Crippen LogP contribution in [0.2, 0.25) is 0 Å². The van der Waals surface area contributed by atoms with Crippen LogP contribution in [-0.2, 0) is 17.1 Å². The molecule has 1 fully saturated rings. The second kappa shape index (κ2) is 10.9. The third-order valence-corrected chi connectivity index (χ3v) is 7.84. The number of ether oxygens (including phenoxy) is 2. The lowest BCUT2D eigenvalue weighted by atomic mass is 9.73. The molecule has 0 N–H and O–H groups in total. The Morgan fingerprint density at radius 2 is 1.68 bits per heavy atom. The molecule has 41 heavy (non-hydrogen) atoms. The van der Waals surface area contributed by atoms with Gasteiger partial charge >= 0.3 is 18.4 Å². The van der Waals surface area contributed by atoms with E-state index in [1.165, 1.54) is 4.90 Å². The summed E-state index contributed by atoms with van der Waals surface area (Å²) in [6.07, 6.45) is -10.0. The van der Waals surface area contributed by atoms with Gasteiger partial charge in [0.1, 0.15) is 17.5 Å². The van der Waals surface area contributed by atoms with Crippen molar-refractivity contribution in [2.24, 2.45) is 5.41 Å². The lowest BCUT2D eigenvalue weighted by Gasteiger charge is -2.35. The maximum absolute atomic E-state index is 13.5. The van der Waals surface area contributed by atoms with E-state index in [0.717, 1.165) is 23.3 Å². The first-order valence-corrected chi connectivity index (χ1v) is 13.4. The third-order valence-electron chi connectivity index (χ3n) is 7.84. The molecule has 2 aliphatic rings. The fourth-order valence-electron chi connectivity index (χ4n) is 5.52. The summed E-state index contributed by atoms with van der Waals surface area (Å²) in [5, 5.41) is 0. The summed E-state index contributed by atoms with van der Waals surface area (Å²) in [7, 11) is 1.55. The predicted molar refractivity (Wildman–Crippen MR) is 141 cm³/mol. The first-order chi connectivity index (χ1) is 18.9. The molecule has 2 aromatic rings. The van der Waals surface area contributed by atoms with E-state index in [4.69, 9.17) is 14.5 Å². The minimum atomic E-state index is -5.01. The number of pyridine rings is 1. The second-order valence-corrected chi connectivity index (χ2v) is 11.9. The SMILES string of the molecule is COc1ccc(C(C)C)nc1C1=C(CN2C(=O)OC(c3cc(C(F)(F)F)cc(C(F)(F)F)c3)C2C)CC(C)(C)CC1. The average molecular weight is 585 g/mol. The van der Waals surface area contributed by atoms with Gasteiger partial charge in [-0.2, -0.15) is 26.3 Å². The van der Waals surface area contributed by atoms with Crippen LogP contribution >= 0.6 is 0 Å². The number of alkyl halides is 6. The number of methoxy groups -OCH3 is 1. The van der Waals surface area contributed by atoms with Crippen LogP contribution < -0.4 is 4.74 Å². The summed E-state index contributed by atoms with van der Waals surface area (Å²) >= 11 is 0.